The van der Waals surface area contributed by atoms with Crippen LogP contribution < -0.4 is 0 Å². The molecular weight excluding hydrogens is 737 g/mol. The van der Waals surface area contributed by atoms with Crippen molar-refractivity contribution in [2.75, 3.05) is 6.61 Å². The molecule has 59 heavy (non-hydrogen) atoms. The number of carbonyl (C=O) groups is 1. The number of carbonyl (C=O) groups excluding carboxylic acids is 1. The normalized spacial score (nSPS) is 59.1. The molecule has 25 unspecified atom stereocenters. The zero-order chi connectivity index (χ0) is 37.3. The van der Waals surface area contributed by atoms with E-state index >= 15 is 0 Å². The van der Waals surface area contributed by atoms with Crippen molar-refractivity contribution in [2.45, 2.75) is 63.2 Å². The van der Waals surface area contributed by atoms with Crippen molar-refractivity contribution in [3.8, 4) is 0 Å². The molecule has 11 fully saturated rings. The molecule has 1 spiro atoms. The Morgan fingerprint density at radius 2 is 1.63 bits per heavy atom. The lowest BCUT2D eigenvalue weighted by atomic mass is 9.45. The van der Waals surface area contributed by atoms with E-state index in [9.17, 15) is 4.79 Å². The third-order valence-electron chi connectivity index (χ3n) is 24.4. The van der Waals surface area contributed by atoms with Crippen LogP contribution in [0.5, 0.6) is 0 Å². The van der Waals surface area contributed by atoms with Crippen LogP contribution in [-0.4, -0.2) is 12.6 Å². The molecule has 2 aromatic rings. The summed E-state index contributed by atoms with van der Waals surface area (Å²) in [5.41, 5.74) is 18.0. The average molecular weight is 791 g/mol. The van der Waals surface area contributed by atoms with Gasteiger partial charge in [-0.1, -0.05) is 76.4 Å². The Hall–Kier alpha value is -2.91. The van der Waals surface area contributed by atoms with Gasteiger partial charge in [-0.05, 0) is 214 Å². The second-order valence-electron chi connectivity index (χ2n) is 24.5. The first-order valence-corrected chi connectivity index (χ1v) is 25.9. The lowest BCUT2D eigenvalue weighted by Crippen LogP contribution is -2.54. The number of rotatable bonds is 8. The molecule has 3 heteroatoms. The van der Waals surface area contributed by atoms with Crippen LogP contribution in [0.4, 0.5) is 0 Å². The predicted octanol–water partition coefficient (Wildman–Crippen LogP) is 10.7. The van der Waals surface area contributed by atoms with Gasteiger partial charge in [0.2, 0.25) is 0 Å². The number of esters is 1. The highest BCUT2D eigenvalue weighted by Crippen LogP contribution is 2.96. The summed E-state index contributed by atoms with van der Waals surface area (Å²) < 4.78 is 5.97. The Morgan fingerprint density at radius 1 is 0.729 bits per heavy atom. The zero-order valence-electron chi connectivity index (χ0n) is 33.9. The van der Waals surface area contributed by atoms with E-state index in [0.29, 0.717) is 24.4 Å². The Morgan fingerprint density at radius 3 is 2.54 bits per heavy atom. The minimum Gasteiger partial charge on any atom is -0.465 e. The Balaban J connectivity index is 0.836. The van der Waals surface area contributed by atoms with E-state index in [-0.39, 0.29) is 11.4 Å². The van der Waals surface area contributed by atoms with Crippen LogP contribution in [-0.2, 0) is 21.4 Å². The molecule has 0 saturated heterocycles. The van der Waals surface area contributed by atoms with Crippen molar-refractivity contribution in [2.24, 2.45) is 142 Å². The fourth-order valence-electron chi connectivity index (χ4n) is 24.9. The molecule has 17 aliphatic carbocycles. The number of allylic oxidation sites excluding steroid dienone is 10. The lowest BCUT2D eigenvalue weighted by Gasteiger charge is -2.58. The van der Waals surface area contributed by atoms with Gasteiger partial charge in [-0.25, -0.2) is 0 Å². The molecule has 2 nitrogen and oxygen atoms in total. The fraction of sp³-hybridized carbons (Fsp3) is 0.625. The number of benzene rings is 1. The monoisotopic (exact) mass is 790 g/mol. The van der Waals surface area contributed by atoms with Gasteiger partial charge in [0.1, 0.15) is 0 Å². The topological polar surface area (TPSA) is 26.3 Å². The van der Waals surface area contributed by atoms with Gasteiger partial charge in [0.15, 0.2) is 0 Å². The summed E-state index contributed by atoms with van der Waals surface area (Å²) >= 11 is 1.73. The summed E-state index contributed by atoms with van der Waals surface area (Å²) in [5.74, 6) is 20.7. The van der Waals surface area contributed by atoms with Gasteiger partial charge < -0.3 is 4.74 Å². The van der Waals surface area contributed by atoms with E-state index in [2.05, 4.69) is 82.1 Å². The summed E-state index contributed by atoms with van der Waals surface area (Å²) in [6, 6.07) is 14.3. The van der Waals surface area contributed by atoms with Gasteiger partial charge >= 0.3 is 5.97 Å². The first-order valence-electron chi connectivity index (χ1n) is 25.0. The van der Waals surface area contributed by atoms with Crippen molar-refractivity contribution < 1.29 is 9.53 Å². The summed E-state index contributed by atoms with van der Waals surface area (Å²) in [4.78, 5) is 13.5. The van der Waals surface area contributed by atoms with Gasteiger partial charge in [0.25, 0.3) is 0 Å². The highest BCUT2D eigenvalue weighted by Gasteiger charge is 2.92. The molecule has 0 N–H and O–H groups in total. The number of ether oxygens (including phenoxy) is 1. The number of fused-ring (bicyclic) bond motifs is 1. The van der Waals surface area contributed by atoms with Crippen LogP contribution in [0.1, 0.15) is 62.5 Å². The molecule has 11 saturated carbocycles. The lowest BCUT2D eigenvalue weighted by molar-refractivity contribution is -0.143. The second kappa shape index (κ2) is 9.38. The Kier molecular flexibility index (Phi) is 4.93. The van der Waals surface area contributed by atoms with E-state index in [1.165, 1.54) is 31.2 Å². The maximum absolute atomic E-state index is 13.5. The minimum atomic E-state index is 0.0298. The average Bonchev–Trinajstić information content (AvgIpc) is 4.03. The number of thiophene rings is 1. The molecule has 296 valence electrons. The maximum atomic E-state index is 13.5. The molecule has 25 atom stereocenters. The highest BCUT2D eigenvalue weighted by atomic mass is 32.1. The van der Waals surface area contributed by atoms with Gasteiger partial charge in [0.05, 0.1) is 6.61 Å². The van der Waals surface area contributed by atoms with E-state index in [1.54, 1.807) is 23.3 Å². The Bertz CT molecular complexity index is 2600. The Labute approximate surface area is 352 Å². The second-order valence-corrected chi connectivity index (χ2v) is 25.3. The summed E-state index contributed by atoms with van der Waals surface area (Å²) in [5, 5.41) is 4.32. The van der Waals surface area contributed by atoms with Gasteiger partial charge in [-0.3, -0.25) is 4.79 Å². The van der Waals surface area contributed by atoms with E-state index < -0.39 is 0 Å². The van der Waals surface area contributed by atoms with Crippen molar-refractivity contribution in [3.63, 3.8) is 0 Å². The quantitative estimate of drug-likeness (QED) is 0.197. The van der Waals surface area contributed by atoms with Crippen LogP contribution in [0.3, 0.4) is 0 Å². The van der Waals surface area contributed by atoms with Crippen LogP contribution in [0.2, 0.25) is 0 Å². The highest BCUT2D eigenvalue weighted by molar-refractivity contribution is 7.07. The summed E-state index contributed by atoms with van der Waals surface area (Å²) in [6.45, 7) is 0.513. The largest absolute Gasteiger partial charge is 0.465 e. The molecule has 1 heterocycles. The van der Waals surface area contributed by atoms with Crippen molar-refractivity contribution in [1.29, 1.82) is 0 Å². The molecule has 0 bridgehead atoms. The predicted molar refractivity (Wildman–Crippen MR) is 225 cm³/mol. The molecule has 1 aromatic carbocycles. The first kappa shape index (κ1) is 31.0. The van der Waals surface area contributed by atoms with E-state index in [4.69, 9.17) is 4.74 Å². The number of hydrogen-bond acceptors (Lipinski definition) is 3. The maximum Gasteiger partial charge on any atom is 0.305 e. The molecule has 0 amide bonds. The third-order valence-corrected chi connectivity index (χ3v) is 25.1. The summed E-state index contributed by atoms with van der Waals surface area (Å²) in [6.07, 6.45) is 20.1. The number of hydrogen-bond donors (Lipinski definition) is 0. The van der Waals surface area contributed by atoms with Gasteiger partial charge in [0, 0.05) is 30.1 Å². The summed E-state index contributed by atoms with van der Waals surface area (Å²) in [7, 11) is 0. The first-order chi connectivity index (χ1) is 29.2. The van der Waals surface area contributed by atoms with Crippen molar-refractivity contribution in [3.05, 3.63) is 116 Å². The van der Waals surface area contributed by atoms with Crippen LogP contribution in [0.15, 0.2) is 104 Å². The van der Waals surface area contributed by atoms with Gasteiger partial charge in [-0.15, -0.1) is 0 Å². The van der Waals surface area contributed by atoms with Crippen molar-refractivity contribution in [1.82, 2.24) is 0 Å². The zero-order valence-corrected chi connectivity index (χ0v) is 34.7. The molecule has 0 radical (unpaired) electrons. The van der Waals surface area contributed by atoms with E-state index in [1.807, 2.05) is 22.3 Å². The molecule has 1 aromatic heterocycles. The smallest absolute Gasteiger partial charge is 0.305 e. The molecule has 17 aliphatic rings. The fourth-order valence-corrected chi connectivity index (χ4v) is 25.7. The SMILES string of the molecule is O=C(CCCC1(c2ccccc2)C2C3=CC4CC5=CC6CC7CC8CC9=CC%10CC21C1C%10C2C9C9C%10C%11=C(C6C6=C5C4C4C3C1C(C4C6%11)C%102)C7C89)OCCc1ccsc1. The third kappa shape index (κ3) is 2.86. The van der Waals surface area contributed by atoms with Gasteiger partial charge in [-0.2, -0.15) is 11.3 Å². The van der Waals surface area contributed by atoms with Crippen molar-refractivity contribution >= 4 is 17.3 Å². The molecular formula is C56H54O2S. The standard InChI is InChI=1S/C56H54O2S/c57-32(58-11-8-22-9-12-59-21-22)7-4-10-55(30-5-2-1-3-6-30)54-31-19-28-17-25-15-26-14-23-13-24-16-27-18-29-20-56(54,55)53-39(29)44-38(27)43-34(24)33(23)41-37(26)42-35(25)36(28)45-40(31)52(53)51-49(44)47(43)46(41)48(42)50(45)51/h1-3,5-6,9,12,15,18-19,21,23-24,26,28-29,33-34,36-40,43-45,47-54H,4,7-8,10-11,13-14,16-17,20H2. The minimum absolute atomic E-state index is 0.0298. The van der Waals surface area contributed by atoms with E-state index in [0.717, 1.165) is 149 Å². The van der Waals surface area contributed by atoms with Crippen LogP contribution in [0, 0.1) is 142 Å². The van der Waals surface area contributed by atoms with Crippen LogP contribution >= 0.6 is 11.3 Å². The molecule has 0 aliphatic heterocycles. The molecule has 19 rings (SSSR count). The van der Waals surface area contributed by atoms with Crippen LogP contribution in [0.25, 0.3) is 0 Å².